The first-order valence-electron chi connectivity index (χ1n) is 15.7. The number of amides is 1. The summed E-state index contributed by atoms with van der Waals surface area (Å²) >= 11 is 0. The van der Waals surface area contributed by atoms with Crippen LogP contribution in [0.3, 0.4) is 0 Å². The Bertz CT molecular complexity index is 1680. The maximum atomic E-state index is 16.6. The van der Waals surface area contributed by atoms with Crippen molar-refractivity contribution < 1.29 is 22.7 Å². The number of carbonyl (C=O) groups is 1. The Balaban J connectivity index is 1.19. The highest BCUT2D eigenvalue weighted by Gasteiger charge is 2.51. The summed E-state index contributed by atoms with van der Waals surface area (Å²) in [5, 5.41) is 0.542. The van der Waals surface area contributed by atoms with E-state index in [1.54, 1.807) is 12.3 Å². The SMILES string of the molecule is C=C(F)C(=O)N1CC[C@@H]2[C@H]1CN2c1nc(OCC23CCCN2C[C@H](F)C3)nc2c(F)c(-c3cncc4c3CCCC4)ccc12. The van der Waals surface area contributed by atoms with Crippen molar-refractivity contribution in [2.45, 2.75) is 75.2 Å². The monoisotopic (exact) mass is 604 g/mol. The number of pyridine rings is 1. The van der Waals surface area contributed by atoms with Crippen LogP contribution in [0.2, 0.25) is 0 Å². The van der Waals surface area contributed by atoms with Crippen molar-refractivity contribution in [3.63, 3.8) is 0 Å². The lowest BCUT2D eigenvalue weighted by Gasteiger charge is -2.47. The molecule has 0 N–H and O–H groups in total. The maximum absolute atomic E-state index is 16.6. The zero-order valence-corrected chi connectivity index (χ0v) is 24.6. The molecule has 11 heteroatoms. The van der Waals surface area contributed by atoms with Crippen molar-refractivity contribution >= 4 is 22.6 Å². The van der Waals surface area contributed by atoms with Gasteiger partial charge in [0, 0.05) is 55.0 Å². The molecule has 1 aromatic carbocycles. The molecule has 4 aliphatic heterocycles. The molecule has 4 saturated heterocycles. The number of nitrogens with zero attached hydrogens (tertiary/aromatic N) is 6. The van der Waals surface area contributed by atoms with Crippen LogP contribution in [0, 0.1) is 5.82 Å². The molecule has 8 rings (SSSR count). The lowest BCUT2D eigenvalue weighted by atomic mass is 9.87. The van der Waals surface area contributed by atoms with E-state index in [0.29, 0.717) is 49.2 Å². The molecule has 1 aliphatic carbocycles. The van der Waals surface area contributed by atoms with Crippen molar-refractivity contribution in [3.8, 4) is 17.1 Å². The average Bonchev–Trinajstić information content (AvgIpc) is 3.65. The maximum Gasteiger partial charge on any atom is 0.319 e. The van der Waals surface area contributed by atoms with Crippen LogP contribution in [0.25, 0.3) is 22.0 Å². The molecule has 230 valence electrons. The number of carbonyl (C=O) groups excluding carboxylic acids is 1. The van der Waals surface area contributed by atoms with Gasteiger partial charge < -0.3 is 14.5 Å². The van der Waals surface area contributed by atoms with Crippen LogP contribution in [0.5, 0.6) is 6.01 Å². The number of anilines is 1. The molecule has 1 amide bonds. The Labute approximate surface area is 253 Å². The number of rotatable bonds is 6. The van der Waals surface area contributed by atoms with Crippen LogP contribution >= 0.6 is 0 Å². The van der Waals surface area contributed by atoms with Gasteiger partial charge in [0.25, 0.3) is 5.91 Å². The number of hydrogen-bond acceptors (Lipinski definition) is 7. The van der Waals surface area contributed by atoms with Crippen molar-refractivity contribution in [2.75, 3.05) is 37.7 Å². The van der Waals surface area contributed by atoms with Crippen LogP contribution in [-0.4, -0.2) is 87.2 Å². The number of ether oxygens (including phenoxy) is 1. The minimum absolute atomic E-state index is 0.0480. The largest absolute Gasteiger partial charge is 0.461 e. The smallest absolute Gasteiger partial charge is 0.319 e. The summed E-state index contributed by atoms with van der Waals surface area (Å²) in [6.45, 7) is 5.48. The van der Waals surface area contributed by atoms with Crippen molar-refractivity contribution in [1.29, 1.82) is 0 Å². The molecule has 0 spiro atoms. The highest BCUT2D eigenvalue weighted by molar-refractivity contribution is 5.95. The fraction of sp³-hybridized carbons (Fsp3) is 0.515. The van der Waals surface area contributed by atoms with Gasteiger partial charge in [-0.2, -0.15) is 9.97 Å². The molecule has 0 bridgehead atoms. The molecule has 4 fully saturated rings. The van der Waals surface area contributed by atoms with Gasteiger partial charge >= 0.3 is 6.01 Å². The van der Waals surface area contributed by atoms with E-state index >= 15 is 4.39 Å². The van der Waals surface area contributed by atoms with Gasteiger partial charge in [0.2, 0.25) is 0 Å². The standard InChI is InChI=1S/C33H35F3N6O2/c1-19(34)31(43)41-12-9-26-27(41)17-42(26)30-24-8-7-23(25-15-37-14-20-5-2-3-6-22(20)25)28(36)29(24)38-32(39-30)44-18-33-10-4-11-40(33)16-21(35)13-33/h7-8,14-15,21,26-27H,1-6,9-13,16-18H2/t21-,26-,27-,33?/m1/s1. The second-order valence-electron chi connectivity index (χ2n) is 13.0. The van der Waals surface area contributed by atoms with Crippen LogP contribution in [0.15, 0.2) is 36.9 Å². The lowest BCUT2D eigenvalue weighted by Crippen LogP contribution is -2.63. The Morgan fingerprint density at radius 1 is 1.07 bits per heavy atom. The first kappa shape index (κ1) is 27.8. The molecule has 8 nitrogen and oxygen atoms in total. The zero-order valence-electron chi connectivity index (χ0n) is 24.6. The number of aromatic nitrogens is 3. The van der Waals surface area contributed by atoms with E-state index in [2.05, 4.69) is 21.4 Å². The molecule has 44 heavy (non-hydrogen) atoms. The third-order valence-electron chi connectivity index (χ3n) is 10.6. The summed E-state index contributed by atoms with van der Waals surface area (Å²) in [6, 6.07) is 3.41. The van der Waals surface area contributed by atoms with Gasteiger partial charge in [-0.15, -0.1) is 0 Å². The zero-order chi connectivity index (χ0) is 30.2. The minimum Gasteiger partial charge on any atom is -0.461 e. The number of hydrogen-bond donors (Lipinski definition) is 0. The highest BCUT2D eigenvalue weighted by Crippen LogP contribution is 2.43. The van der Waals surface area contributed by atoms with Crippen LogP contribution in [-0.2, 0) is 17.6 Å². The van der Waals surface area contributed by atoms with Crippen molar-refractivity contribution in [1.82, 2.24) is 24.8 Å². The Kier molecular flexibility index (Phi) is 6.59. The van der Waals surface area contributed by atoms with E-state index in [1.165, 1.54) is 4.90 Å². The number of alkyl halides is 1. The molecule has 0 saturated carbocycles. The summed E-state index contributed by atoms with van der Waals surface area (Å²) in [4.78, 5) is 32.0. The molecular formula is C33H35F3N6O2. The predicted molar refractivity (Wildman–Crippen MR) is 159 cm³/mol. The van der Waals surface area contributed by atoms with Crippen molar-refractivity contribution in [2.24, 2.45) is 0 Å². The minimum atomic E-state index is -0.970. The van der Waals surface area contributed by atoms with Crippen LogP contribution < -0.4 is 9.64 Å². The van der Waals surface area contributed by atoms with Gasteiger partial charge in [-0.25, -0.2) is 13.2 Å². The van der Waals surface area contributed by atoms with E-state index < -0.39 is 29.3 Å². The Morgan fingerprint density at radius 2 is 1.93 bits per heavy atom. The molecular weight excluding hydrogens is 569 g/mol. The first-order chi connectivity index (χ1) is 21.3. The Morgan fingerprint density at radius 3 is 2.80 bits per heavy atom. The average molecular weight is 605 g/mol. The predicted octanol–water partition coefficient (Wildman–Crippen LogP) is 4.94. The molecule has 0 radical (unpaired) electrons. The summed E-state index contributed by atoms with van der Waals surface area (Å²) in [7, 11) is 0. The summed E-state index contributed by atoms with van der Waals surface area (Å²) in [5.74, 6) is -1.60. The highest BCUT2D eigenvalue weighted by atomic mass is 19.1. The van der Waals surface area contributed by atoms with Gasteiger partial charge in [0.15, 0.2) is 11.6 Å². The molecule has 3 aromatic rings. The van der Waals surface area contributed by atoms with Crippen molar-refractivity contribution in [3.05, 3.63) is 53.9 Å². The van der Waals surface area contributed by atoms with Gasteiger partial charge in [0.1, 0.15) is 24.1 Å². The molecule has 2 aromatic heterocycles. The van der Waals surface area contributed by atoms with Gasteiger partial charge in [0.05, 0.1) is 17.6 Å². The summed E-state index contributed by atoms with van der Waals surface area (Å²) < 4.78 is 51.0. The second kappa shape index (κ2) is 10.4. The summed E-state index contributed by atoms with van der Waals surface area (Å²) in [5.41, 5.74) is 3.26. The van der Waals surface area contributed by atoms with Gasteiger partial charge in [-0.05, 0) is 68.7 Å². The quantitative estimate of drug-likeness (QED) is 0.369. The first-order valence-corrected chi connectivity index (χ1v) is 15.7. The fourth-order valence-electron chi connectivity index (χ4n) is 8.43. The van der Waals surface area contributed by atoms with E-state index in [1.807, 2.05) is 17.2 Å². The fourth-order valence-corrected chi connectivity index (χ4v) is 8.43. The van der Waals surface area contributed by atoms with Crippen LogP contribution in [0.4, 0.5) is 19.0 Å². The summed E-state index contributed by atoms with van der Waals surface area (Å²) in [6.07, 6.45) is 9.51. The lowest BCUT2D eigenvalue weighted by molar-refractivity contribution is -0.130. The number of aryl methyl sites for hydroxylation is 1. The van der Waals surface area contributed by atoms with Crippen LogP contribution in [0.1, 0.15) is 49.7 Å². The number of benzene rings is 1. The Hall–Kier alpha value is -3.73. The second-order valence-corrected chi connectivity index (χ2v) is 13.0. The third kappa shape index (κ3) is 4.29. The molecule has 1 unspecified atom stereocenters. The number of fused-ring (bicyclic) bond motifs is 4. The van der Waals surface area contributed by atoms with E-state index in [-0.39, 0.29) is 30.2 Å². The van der Waals surface area contributed by atoms with E-state index in [4.69, 9.17) is 9.72 Å². The van der Waals surface area contributed by atoms with E-state index in [0.717, 1.165) is 61.8 Å². The molecule has 4 atom stereocenters. The third-order valence-corrected chi connectivity index (χ3v) is 10.6. The van der Waals surface area contributed by atoms with Gasteiger partial charge in [-0.1, -0.05) is 12.6 Å². The topological polar surface area (TPSA) is 74.7 Å². The normalized spacial score (nSPS) is 27.7. The molecule has 5 aliphatic rings. The number of likely N-dealkylation sites (tertiary alicyclic amines) is 1. The van der Waals surface area contributed by atoms with Gasteiger partial charge in [-0.3, -0.25) is 14.7 Å². The molecule has 6 heterocycles. The number of halogens is 3. The van der Waals surface area contributed by atoms with E-state index in [9.17, 15) is 13.6 Å².